The molecule has 0 amide bonds. The quantitative estimate of drug-likeness (QED) is 0.722. The zero-order valence-electron chi connectivity index (χ0n) is 9.75. The molecular weight excluding hydrogens is 260 g/mol. The average Bonchev–Trinajstić information content (AvgIpc) is 2.64. The van der Waals surface area contributed by atoms with Crippen LogP contribution in [-0.2, 0) is 17.1 Å². The van der Waals surface area contributed by atoms with Crippen LogP contribution in [-0.4, -0.2) is 29.2 Å². The molecule has 1 heterocycles. The first-order chi connectivity index (χ1) is 7.88. The number of aryl methyl sites for hydroxylation is 1. The Morgan fingerprint density at radius 3 is 2.76 bits per heavy atom. The molecule has 0 bridgehead atoms. The summed E-state index contributed by atoms with van der Waals surface area (Å²) in [5, 5.41) is 3.91. The fraction of sp³-hybridized carbons (Fsp3) is 0.556. The third-order valence-electron chi connectivity index (χ3n) is 2.27. The molecule has 17 heavy (non-hydrogen) atoms. The van der Waals surface area contributed by atoms with Crippen molar-refractivity contribution < 1.29 is 8.42 Å². The Hall–Kier alpha value is -0.990. The van der Waals surface area contributed by atoms with Gasteiger partial charge in [-0.2, -0.15) is 9.82 Å². The molecule has 6 nitrogen and oxygen atoms in total. The summed E-state index contributed by atoms with van der Waals surface area (Å²) in [7, 11) is -2.07. The standard InChI is InChI=1S/C9H16N4O2S2/c1-3-4-7(9(10)16)12-17(14,15)8-5-6-11-13(8)2/h5-7,12H,3-4H2,1-2H3,(H2,10,16). The van der Waals surface area contributed by atoms with E-state index in [1.807, 2.05) is 6.92 Å². The maximum absolute atomic E-state index is 12.0. The van der Waals surface area contributed by atoms with Crippen molar-refractivity contribution in [1.29, 1.82) is 0 Å². The molecule has 0 radical (unpaired) electrons. The van der Waals surface area contributed by atoms with Gasteiger partial charge in [0.1, 0.15) is 0 Å². The van der Waals surface area contributed by atoms with Gasteiger partial charge in [0.05, 0.1) is 17.2 Å². The van der Waals surface area contributed by atoms with Gasteiger partial charge < -0.3 is 5.73 Å². The smallest absolute Gasteiger partial charge is 0.258 e. The Kier molecular flexibility index (Phi) is 4.61. The highest BCUT2D eigenvalue weighted by molar-refractivity contribution is 7.89. The average molecular weight is 276 g/mol. The Morgan fingerprint density at radius 2 is 2.35 bits per heavy atom. The highest BCUT2D eigenvalue weighted by Gasteiger charge is 2.23. The van der Waals surface area contributed by atoms with Gasteiger partial charge in [0.2, 0.25) is 0 Å². The lowest BCUT2D eigenvalue weighted by molar-refractivity contribution is 0.551. The first-order valence-electron chi connectivity index (χ1n) is 5.18. The second-order valence-corrected chi connectivity index (χ2v) is 5.79. The fourth-order valence-corrected chi connectivity index (χ4v) is 3.05. The topological polar surface area (TPSA) is 90.0 Å². The monoisotopic (exact) mass is 276 g/mol. The van der Waals surface area contributed by atoms with Crippen LogP contribution in [0.1, 0.15) is 19.8 Å². The van der Waals surface area contributed by atoms with Gasteiger partial charge in [-0.1, -0.05) is 25.6 Å². The first kappa shape index (κ1) is 14.1. The van der Waals surface area contributed by atoms with E-state index in [0.29, 0.717) is 6.42 Å². The van der Waals surface area contributed by atoms with Gasteiger partial charge in [-0.05, 0) is 12.5 Å². The van der Waals surface area contributed by atoms with E-state index in [1.54, 1.807) is 7.05 Å². The zero-order chi connectivity index (χ0) is 13.1. The second-order valence-electron chi connectivity index (χ2n) is 3.66. The molecule has 0 aliphatic rings. The second kappa shape index (κ2) is 5.56. The van der Waals surface area contributed by atoms with Gasteiger partial charge in [0, 0.05) is 7.05 Å². The molecule has 1 atom stereocenters. The maximum Gasteiger partial charge on any atom is 0.258 e. The number of nitrogens with zero attached hydrogens (tertiary/aromatic N) is 2. The van der Waals surface area contributed by atoms with Crippen LogP contribution in [0.4, 0.5) is 0 Å². The largest absolute Gasteiger partial charge is 0.392 e. The van der Waals surface area contributed by atoms with E-state index >= 15 is 0 Å². The van der Waals surface area contributed by atoms with Crippen LogP contribution >= 0.6 is 12.2 Å². The molecule has 0 aromatic carbocycles. The summed E-state index contributed by atoms with van der Waals surface area (Å²) in [6.07, 6.45) is 2.78. The summed E-state index contributed by atoms with van der Waals surface area (Å²) in [6, 6.07) is 0.903. The number of sulfonamides is 1. The number of nitrogens with one attached hydrogen (secondary N) is 1. The molecule has 0 saturated heterocycles. The first-order valence-corrected chi connectivity index (χ1v) is 7.07. The highest BCUT2D eigenvalue weighted by Crippen LogP contribution is 2.09. The van der Waals surface area contributed by atoms with E-state index in [1.165, 1.54) is 16.9 Å². The van der Waals surface area contributed by atoms with E-state index in [-0.39, 0.29) is 10.0 Å². The van der Waals surface area contributed by atoms with Crippen molar-refractivity contribution in [1.82, 2.24) is 14.5 Å². The number of aromatic nitrogens is 2. The highest BCUT2D eigenvalue weighted by atomic mass is 32.2. The van der Waals surface area contributed by atoms with Crippen LogP contribution in [0, 0.1) is 0 Å². The van der Waals surface area contributed by atoms with Crippen LogP contribution in [0.25, 0.3) is 0 Å². The van der Waals surface area contributed by atoms with Crippen molar-refractivity contribution in [3.8, 4) is 0 Å². The van der Waals surface area contributed by atoms with Crippen LogP contribution in [0.15, 0.2) is 17.3 Å². The molecule has 1 rings (SSSR count). The summed E-state index contributed by atoms with van der Waals surface area (Å²) in [5.41, 5.74) is 5.50. The molecule has 0 aliphatic carbocycles. The van der Waals surface area contributed by atoms with E-state index in [2.05, 4.69) is 9.82 Å². The molecule has 8 heteroatoms. The Labute approximate surface area is 106 Å². The number of rotatable bonds is 6. The molecule has 1 aromatic heterocycles. The van der Waals surface area contributed by atoms with Gasteiger partial charge in [-0.15, -0.1) is 0 Å². The Balaban J connectivity index is 2.93. The molecule has 0 fully saturated rings. The van der Waals surface area contributed by atoms with Crippen molar-refractivity contribution in [2.24, 2.45) is 12.8 Å². The summed E-state index contributed by atoms with van der Waals surface area (Å²) >= 11 is 4.84. The minimum atomic E-state index is -3.63. The number of nitrogens with two attached hydrogens (primary N) is 1. The molecule has 1 unspecified atom stereocenters. The van der Waals surface area contributed by atoms with Gasteiger partial charge in [-0.3, -0.25) is 4.68 Å². The summed E-state index contributed by atoms with van der Waals surface area (Å²) in [5.74, 6) is 0. The molecular formula is C9H16N4O2S2. The predicted molar refractivity (Wildman–Crippen MR) is 69.0 cm³/mol. The molecule has 0 saturated carbocycles. The third-order valence-corrected chi connectivity index (χ3v) is 4.10. The lowest BCUT2D eigenvalue weighted by Gasteiger charge is -2.16. The van der Waals surface area contributed by atoms with Gasteiger partial charge >= 0.3 is 0 Å². The van der Waals surface area contributed by atoms with E-state index in [9.17, 15) is 8.42 Å². The van der Waals surface area contributed by atoms with E-state index < -0.39 is 16.1 Å². The molecule has 0 spiro atoms. The van der Waals surface area contributed by atoms with Crippen molar-refractivity contribution >= 4 is 27.2 Å². The number of hydrogen-bond donors (Lipinski definition) is 2. The SMILES string of the molecule is CCCC(NS(=O)(=O)c1ccnn1C)C(N)=S. The molecule has 1 aromatic rings. The number of hydrogen-bond acceptors (Lipinski definition) is 4. The lowest BCUT2D eigenvalue weighted by Crippen LogP contribution is -2.43. The zero-order valence-corrected chi connectivity index (χ0v) is 11.4. The Morgan fingerprint density at radius 1 is 1.71 bits per heavy atom. The maximum atomic E-state index is 12.0. The van der Waals surface area contributed by atoms with Crippen LogP contribution in [0.5, 0.6) is 0 Å². The summed E-state index contributed by atoms with van der Waals surface area (Å²) in [4.78, 5) is 0.151. The van der Waals surface area contributed by atoms with Crippen molar-refractivity contribution in [3.63, 3.8) is 0 Å². The summed E-state index contributed by atoms with van der Waals surface area (Å²) < 4.78 is 27.8. The predicted octanol–water partition coefficient (Wildman–Crippen LogP) is 0.153. The Bertz CT molecular complexity index is 495. The summed E-state index contributed by atoms with van der Waals surface area (Å²) in [6.45, 7) is 1.93. The van der Waals surface area contributed by atoms with E-state index in [4.69, 9.17) is 18.0 Å². The molecule has 0 aliphatic heterocycles. The minimum absolute atomic E-state index is 0.0925. The van der Waals surface area contributed by atoms with Crippen molar-refractivity contribution in [2.75, 3.05) is 0 Å². The van der Waals surface area contributed by atoms with Crippen LogP contribution in [0.2, 0.25) is 0 Å². The van der Waals surface area contributed by atoms with Crippen LogP contribution < -0.4 is 10.5 Å². The third kappa shape index (κ3) is 3.48. The van der Waals surface area contributed by atoms with Gasteiger partial charge in [0.25, 0.3) is 10.0 Å². The fourth-order valence-electron chi connectivity index (χ4n) is 1.42. The lowest BCUT2D eigenvalue weighted by atomic mass is 10.2. The molecule has 3 N–H and O–H groups in total. The van der Waals surface area contributed by atoms with E-state index in [0.717, 1.165) is 6.42 Å². The molecule has 96 valence electrons. The van der Waals surface area contributed by atoms with Crippen molar-refractivity contribution in [2.45, 2.75) is 30.8 Å². The van der Waals surface area contributed by atoms with Crippen LogP contribution in [0.3, 0.4) is 0 Å². The van der Waals surface area contributed by atoms with Gasteiger partial charge in [-0.25, -0.2) is 8.42 Å². The normalized spacial score (nSPS) is 13.5. The van der Waals surface area contributed by atoms with Crippen molar-refractivity contribution in [3.05, 3.63) is 12.3 Å². The van der Waals surface area contributed by atoms with Gasteiger partial charge in [0.15, 0.2) is 5.03 Å². The number of thiocarbonyl (C=S) groups is 1. The minimum Gasteiger partial charge on any atom is -0.392 e.